The highest BCUT2D eigenvalue weighted by atomic mass is 16.5. The lowest BCUT2D eigenvalue weighted by atomic mass is 10.1. The van der Waals surface area contributed by atoms with Crippen molar-refractivity contribution in [2.24, 2.45) is 0 Å². The molecule has 1 unspecified atom stereocenters. The number of carbonyl (C=O) groups is 1. The van der Waals surface area contributed by atoms with Crippen molar-refractivity contribution in [3.05, 3.63) is 47.5 Å². The normalized spacial score (nSPS) is 14.7. The molecule has 1 amide bonds. The monoisotopic (exact) mass is 416 g/mol. The molecule has 2 N–H and O–H groups in total. The van der Waals surface area contributed by atoms with Crippen LogP contribution in [-0.4, -0.2) is 65.2 Å². The molecule has 1 aliphatic rings. The van der Waals surface area contributed by atoms with Gasteiger partial charge in [-0.3, -0.25) is 4.79 Å². The summed E-state index contributed by atoms with van der Waals surface area (Å²) < 4.78 is 21.2. The van der Waals surface area contributed by atoms with Gasteiger partial charge in [0.1, 0.15) is 0 Å². The lowest BCUT2D eigenvalue weighted by molar-refractivity contribution is 0.0915. The van der Waals surface area contributed by atoms with Crippen LogP contribution in [0.4, 0.5) is 5.69 Å². The summed E-state index contributed by atoms with van der Waals surface area (Å²) in [5, 5.41) is 13.2. The summed E-state index contributed by atoms with van der Waals surface area (Å²) in [5.74, 6) is 0.845. The van der Waals surface area contributed by atoms with Gasteiger partial charge in [0.15, 0.2) is 11.5 Å². The van der Waals surface area contributed by atoms with Gasteiger partial charge in [-0.2, -0.15) is 0 Å². The van der Waals surface area contributed by atoms with E-state index < -0.39 is 6.10 Å². The summed E-state index contributed by atoms with van der Waals surface area (Å²) in [5.41, 5.74) is 2.17. The fourth-order valence-corrected chi connectivity index (χ4v) is 3.35. The van der Waals surface area contributed by atoms with Crippen LogP contribution in [0.2, 0.25) is 0 Å². The van der Waals surface area contributed by atoms with Crippen molar-refractivity contribution >= 4 is 11.6 Å². The van der Waals surface area contributed by atoms with Crippen molar-refractivity contribution in [3.63, 3.8) is 0 Å². The van der Waals surface area contributed by atoms with Crippen LogP contribution in [0.1, 0.15) is 22.0 Å². The molecule has 0 aromatic heterocycles. The minimum absolute atomic E-state index is 0.0758. The third kappa shape index (κ3) is 4.95. The molecular formula is C22H28N2O6. The molecule has 0 aliphatic carbocycles. The Morgan fingerprint density at radius 3 is 2.20 bits per heavy atom. The molecule has 0 radical (unpaired) electrons. The van der Waals surface area contributed by atoms with E-state index in [-0.39, 0.29) is 12.5 Å². The maximum Gasteiger partial charge on any atom is 0.251 e. The van der Waals surface area contributed by atoms with Gasteiger partial charge in [-0.1, -0.05) is 12.1 Å². The summed E-state index contributed by atoms with van der Waals surface area (Å²) in [4.78, 5) is 14.8. The Bertz CT molecular complexity index is 824. The maximum atomic E-state index is 12.6. The van der Waals surface area contributed by atoms with Gasteiger partial charge in [-0.05, 0) is 29.8 Å². The Morgan fingerprint density at radius 1 is 1.07 bits per heavy atom. The predicted molar refractivity (Wildman–Crippen MR) is 113 cm³/mol. The average Bonchev–Trinajstić information content (AvgIpc) is 2.81. The largest absolute Gasteiger partial charge is 0.493 e. The summed E-state index contributed by atoms with van der Waals surface area (Å²) in [6.45, 7) is 3.22. The first-order valence-electron chi connectivity index (χ1n) is 9.76. The fraction of sp³-hybridized carbons (Fsp3) is 0.409. The summed E-state index contributed by atoms with van der Waals surface area (Å²) >= 11 is 0. The van der Waals surface area contributed by atoms with E-state index in [0.29, 0.717) is 22.8 Å². The molecule has 0 spiro atoms. The van der Waals surface area contributed by atoms with Gasteiger partial charge in [-0.25, -0.2) is 0 Å². The van der Waals surface area contributed by atoms with Crippen LogP contribution in [-0.2, 0) is 4.74 Å². The number of benzene rings is 2. The number of hydrogen-bond acceptors (Lipinski definition) is 7. The Kier molecular flexibility index (Phi) is 7.37. The lowest BCUT2D eigenvalue weighted by Gasteiger charge is -2.29. The van der Waals surface area contributed by atoms with Crippen LogP contribution in [0.25, 0.3) is 0 Å². The topological polar surface area (TPSA) is 89.5 Å². The quantitative estimate of drug-likeness (QED) is 0.680. The number of morpholine rings is 1. The van der Waals surface area contributed by atoms with Crippen LogP contribution in [0.3, 0.4) is 0 Å². The molecule has 0 bridgehead atoms. The van der Waals surface area contributed by atoms with Gasteiger partial charge in [-0.15, -0.1) is 0 Å². The van der Waals surface area contributed by atoms with E-state index in [1.807, 2.05) is 24.3 Å². The third-order valence-corrected chi connectivity index (χ3v) is 5.04. The van der Waals surface area contributed by atoms with Crippen molar-refractivity contribution in [3.8, 4) is 17.2 Å². The second kappa shape index (κ2) is 10.2. The SMILES string of the molecule is COc1cc(C(=O)NCC(O)c2ccc(N3CCOCC3)cc2)cc(OC)c1OC. The highest BCUT2D eigenvalue weighted by Crippen LogP contribution is 2.38. The second-order valence-electron chi connectivity index (χ2n) is 6.83. The minimum Gasteiger partial charge on any atom is -0.493 e. The number of rotatable bonds is 8. The number of aliphatic hydroxyl groups is 1. The van der Waals surface area contributed by atoms with Crippen LogP contribution < -0.4 is 24.4 Å². The number of ether oxygens (including phenoxy) is 4. The molecule has 8 heteroatoms. The molecule has 162 valence electrons. The molecule has 8 nitrogen and oxygen atoms in total. The Morgan fingerprint density at radius 2 is 1.67 bits per heavy atom. The predicted octanol–water partition coefficient (Wildman–Crippen LogP) is 2.01. The van der Waals surface area contributed by atoms with Crippen molar-refractivity contribution in [1.82, 2.24) is 5.32 Å². The summed E-state index contributed by atoms with van der Waals surface area (Å²) in [6, 6.07) is 10.8. The number of carbonyl (C=O) groups excluding carboxylic acids is 1. The first kappa shape index (κ1) is 21.7. The van der Waals surface area contributed by atoms with Crippen LogP contribution in [0.15, 0.2) is 36.4 Å². The van der Waals surface area contributed by atoms with Gasteiger partial charge < -0.3 is 34.3 Å². The highest BCUT2D eigenvalue weighted by molar-refractivity contribution is 5.95. The van der Waals surface area contributed by atoms with E-state index in [2.05, 4.69) is 10.2 Å². The van der Waals surface area contributed by atoms with Gasteiger partial charge in [0.05, 0.1) is 40.6 Å². The number of amides is 1. The van der Waals surface area contributed by atoms with Gasteiger partial charge in [0.2, 0.25) is 5.75 Å². The van der Waals surface area contributed by atoms with E-state index in [9.17, 15) is 9.90 Å². The average molecular weight is 416 g/mol. The zero-order valence-corrected chi connectivity index (χ0v) is 17.5. The van der Waals surface area contributed by atoms with E-state index in [0.717, 1.165) is 37.6 Å². The van der Waals surface area contributed by atoms with E-state index in [4.69, 9.17) is 18.9 Å². The maximum absolute atomic E-state index is 12.6. The van der Waals surface area contributed by atoms with Gasteiger partial charge >= 0.3 is 0 Å². The van der Waals surface area contributed by atoms with E-state index in [1.54, 1.807) is 12.1 Å². The molecule has 3 rings (SSSR count). The van der Waals surface area contributed by atoms with E-state index in [1.165, 1.54) is 21.3 Å². The molecular weight excluding hydrogens is 388 g/mol. The molecule has 30 heavy (non-hydrogen) atoms. The zero-order valence-electron chi connectivity index (χ0n) is 17.5. The van der Waals surface area contributed by atoms with Gasteiger partial charge in [0, 0.05) is 30.9 Å². The van der Waals surface area contributed by atoms with Crippen molar-refractivity contribution in [2.75, 3.05) is 59.1 Å². The number of methoxy groups -OCH3 is 3. The highest BCUT2D eigenvalue weighted by Gasteiger charge is 2.18. The smallest absolute Gasteiger partial charge is 0.251 e. The minimum atomic E-state index is -0.824. The van der Waals surface area contributed by atoms with Crippen LogP contribution in [0, 0.1) is 0 Å². The summed E-state index contributed by atoms with van der Waals surface area (Å²) in [7, 11) is 4.48. The molecule has 1 atom stereocenters. The molecule has 1 heterocycles. The lowest BCUT2D eigenvalue weighted by Crippen LogP contribution is -2.36. The van der Waals surface area contributed by atoms with E-state index >= 15 is 0 Å². The Hall–Kier alpha value is -2.97. The number of aliphatic hydroxyl groups excluding tert-OH is 1. The molecule has 1 fully saturated rings. The van der Waals surface area contributed by atoms with Crippen molar-refractivity contribution in [2.45, 2.75) is 6.10 Å². The number of anilines is 1. The Labute approximate surface area is 176 Å². The number of nitrogens with zero attached hydrogens (tertiary/aromatic N) is 1. The Balaban J connectivity index is 1.62. The standard InChI is InChI=1S/C22H28N2O6/c1-27-19-12-16(13-20(28-2)21(19)29-3)22(26)23-14-18(25)15-4-6-17(7-5-15)24-8-10-30-11-9-24/h4-7,12-13,18,25H,8-11,14H2,1-3H3,(H,23,26). The molecule has 0 saturated carbocycles. The number of hydrogen-bond donors (Lipinski definition) is 2. The first-order valence-corrected chi connectivity index (χ1v) is 9.76. The van der Waals surface area contributed by atoms with Crippen LogP contribution >= 0.6 is 0 Å². The first-order chi connectivity index (χ1) is 14.6. The number of nitrogens with one attached hydrogen (secondary N) is 1. The fourth-order valence-electron chi connectivity index (χ4n) is 3.35. The third-order valence-electron chi connectivity index (χ3n) is 5.04. The molecule has 1 saturated heterocycles. The second-order valence-corrected chi connectivity index (χ2v) is 6.83. The molecule has 2 aromatic carbocycles. The van der Waals surface area contributed by atoms with Crippen molar-refractivity contribution in [1.29, 1.82) is 0 Å². The van der Waals surface area contributed by atoms with Gasteiger partial charge in [0.25, 0.3) is 5.91 Å². The zero-order chi connectivity index (χ0) is 21.5. The van der Waals surface area contributed by atoms with Crippen LogP contribution in [0.5, 0.6) is 17.2 Å². The van der Waals surface area contributed by atoms with Crippen molar-refractivity contribution < 1.29 is 28.8 Å². The molecule has 2 aromatic rings. The summed E-state index contributed by atoms with van der Waals surface area (Å²) in [6.07, 6.45) is -0.824. The molecule has 1 aliphatic heterocycles.